The molecule has 1 aromatic heterocycles. The molecule has 1 aromatic rings. The Labute approximate surface area is 148 Å². The van der Waals surface area contributed by atoms with Crippen molar-refractivity contribution in [3.05, 3.63) is 18.3 Å². The highest BCUT2D eigenvalue weighted by Crippen LogP contribution is 2.22. The Kier molecular flexibility index (Phi) is 5.40. The minimum absolute atomic E-state index is 0.00253. The van der Waals surface area contributed by atoms with E-state index < -0.39 is 0 Å². The van der Waals surface area contributed by atoms with Gasteiger partial charge in [0.25, 0.3) is 0 Å². The second-order valence-electron chi connectivity index (χ2n) is 6.59. The van der Waals surface area contributed by atoms with Crippen LogP contribution >= 0.6 is 0 Å². The predicted molar refractivity (Wildman–Crippen MR) is 94.6 cm³/mol. The first-order valence-electron chi connectivity index (χ1n) is 8.91. The summed E-state index contributed by atoms with van der Waals surface area (Å²) in [5.41, 5.74) is 0. The topological polar surface area (TPSA) is 66.0 Å². The molecule has 2 fully saturated rings. The van der Waals surface area contributed by atoms with Gasteiger partial charge in [0.05, 0.1) is 7.11 Å². The average molecular weight is 346 g/mol. The SMILES string of the molecule is COc1ccnc(N2CCN(C(=O)C3CCCCN3C(C)=O)CC2)c1. The number of hydrogen-bond acceptors (Lipinski definition) is 5. The number of anilines is 1. The molecule has 7 nitrogen and oxygen atoms in total. The van der Waals surface area contributed by atoms with Gasteiger partial charge in [-0.05, 0) is 25.3 Å². The number of nitrogens with zero attached hydrogens (tertiary/aromatic N) is 4. The summed E-state index contributed by atoms with van der Waals surface area (Å²) in [7, 11) is 1.64. The van der Waals surface area contributed by atoms with Gasteiger partial charge in [0.15, 0.2) is 0 Å². The Balaban J connectivity index is 1.61. The molecule has 7 heteroatoms. The number of hydrogen-bond donors (Lipinski definition) is 0. The highest BCUT2D eigenvalue weighted by molar-refractivity contribution is 5.87. The van der Waals surface area contributed by atoms with E-state index in [2.05, 4.69) is 9.88 Å². The van der Waals surface area contributed by atoms with Gasteiger partial charge in [-0.25, -0.2) is 4.98 Å². The fraction of sp³-hybridized carbons (Fsp3) is 0.611. The molecule has 3 rings (SSSR count). The number of amides is 2. The maximum atomic E-state index is 12.9. The van der Waals surface area contributed by atoms with Crippen molar-refractivity contribution in [3.63, 3.8) is 0 Å². The van der Waals surface area contributed by atoms with E-state index in [0.29, 0.717) is 19.6 Å². The number of carbonyl (C=O) groups is 2. The number of rotatable bonds is 3. The quantitative estimate of drug-likeness (QED) is 0.821. The highest BCUT2D eigenvalue weighted by Gasteiger charge is 2.34. The lowest BCUT2D eigenvalue weighted by Gasteiger charge is -2.40. The van der Waals surface area contributed by atoms with Crippen molar-refractivity contribution in [1.29, 1.82) is 0 Å². The first-order chi connectivity index (χ1) is 12.1. The smallest absolute Gasteiger partial charge is 0.245 e. The Hall–Kier alpha value is -2.31. The van der Waals surface area contributed by atoms with Gasteiger partial charge < -0.3 is 19.4 Å². The van der Waals surface area contributed by atoms with Gasteiger partial charge in [-0.3, -0.25) is 9.59 Å². The number of piperidine rings is 1. The summed E-state index contributed by atoms with van der Waals surface area (Å²) in [6.45, 7) is 5.02. The van der Waals surface area contributed by atoms with Crippen LogP contribution in [0.3, 0.4) is 0 Å². The lowest BCUT2D eigenvalue weighted by atomic mass is 10.0. The third kappa shape index (κ3) is 3.86. The van der Waals surface area contributed by atoms with Crippen molar-refractivity contribution in [3.8, 4) is 5.75 Å². The summed E-state index contributed by atoms with van der Waals surface area (Å²) in [4.78, 5) is 34.9. The van der Waals surface area contributed by atoms with Gasteiger partial charge in [0.1, 0.15) is 17.6 Å². The number of aromatic nitrogens is 1. The lowest BCUT2D eigenvalue weighted by molar-refractivity contribution is -0.146. The predicted octanol–water partition coefficient (Wildman–Crippen LogP) is 1.14. The van der Waals surface area contributed by atoms with Crippen LogP contribution in [0, 0.1) is 0 Å². The van der Waals surface area contributed by atoms with Crippen molar-refractivity contribution < 1.29 is 14.3 Å². The van der Waals surface area contributed by atoms with Crippen molar-refractivity contribution >= 4 is 17.6 Å². The second kappa shape index (κ2) is 7.72. The maximum absolute atomic E-state index is 12.9. The van der Waals surface area contributed by atoms with Crippen LogP contribution in [-0.2, 0) is 9.59 Å². The van der Waals surface area contributed by atoms with Crippen molar-refractivity contribution in [2.75, 3.05) is 44.7 Å². The molecule has 0 radical (unpaired) electrons. The lowest BCUT2D eigenvalue weighted by Crippen LogP contribution is -2.57. The minimum atomic E-state index is -0.284. The van der Waals surface area contributed by atoms with Gasteiger partial charge in [-0.1, -0.05) is 0 Å². The van der Waals surface area contributed by atoms with E-state index in [-0.39, 0.29) is 17.9 Å². The van der Waals surface area contributed by atoms with Gasteiger partial charge in [-0.15, -0.1) is 0 Å². The molecule has 136 valence electrons. The number of likely N-dealkylation sites (tertiary alicyclic amines) is 1. The summed E-state index contributed by atoms with van der Waals surface area (Å²) in [5, 5.41) is 0. The van der Waals surface area contributed by atoms with Crippen LogP contribution in [0.15, 0.2) is 18.3 Å². The number of piperazine rings is 1. The largest absolute Gasteiger partial charge is 0.497 e. The van der Waals surface area contributed by atoms with Crippen LogP contribution < -0.4 is 9.64 Å². The zero-order valence-electron chi connectivity index (χ0n) is 15.0. The van der Waals surface area contributed by atoms with Crippen LogP contribution in [0.25, 0.3) is 0 Å². The standard InChI is InChI=1S/C18H26N4O3/c1-14(23)22-8-4-3-5-16(22)18(24)21-11-9-20(10-12-21)17-13-15(25-2)6-7-19-17/h6-7,13,16H,3-5,8-12H2,1-2H3. The van der Waals surface area contributed by atoms with Gasteiger partial charge in [-0.2, -0.15) is 0 Å². The minimum Gasteiger partial charge on any atom is -0.497 e. The summed E-state index contributed by atoms with van der Waals surface area (Å²) in [6, 6.07) is 3.45. The number of ether oxygens (including phenoxy) is 1. The van der Waals surface area contributed by atoms with E-state index in [1.807, 2.05) is 17.0 Å². The summed E-state index contributed by atoms with van der Waals surface area (Å²) in [5.74, 6) is 1.74. The third-order valence-electron chi connectivity index (χ3n) is 5.06. The van der Waals surface area contributed by atoms with E-state index >= 15 is 0 Å². The Morgan fingerprint density at radius 1 is 1.16 bits per heavy atom. The molecule has 0 N–H and O–H groups in total. The highest BCUT2D eigenvalue weighted by atomic mass is 16.5. The molecule has 1 atom stereocenters. The molecule has 0 aromatic carbocycles. The molecule has 0 aliphatic carbocycles. The zero-order valence-corrected chi connectivity index (χ0v) is 15.0. The molecule has 0 bridgehead atoms. The normalized spacial score (nSPS) is 21.2. The molecule has 2 aliphatic rings. The van der Waals surface area contributed by atoms with Crippen LogP contribution in [0.2, 0.25) is 0 Å². The van der Waals surface area contributed by atoms with E-state index in [4.69, 9.17) is 4.74 Å². The van der Waals surface area contributed by atoms with Crippen LogP contribution in [0.4, 0.5) is 5.82 Å². The molecule has 2 saturated heterocycles. The zero-order chi connectivity index (χ0) is 17.8. The monoisotopic (exact) mass is 346 g/mol. The Morgan fingerprint density at radius 3 is 2.60 bits per heavy atom. The van der Waals surface area contributed by atoms with Crippen LogP contribution in [0.1, 0.15) is 26.2 Å². The number of pyridine rings is 1. The fourth-order valence-electron chi connectivity index (χ4n) is 3.63. The molecular formula is C18H26N4O3. The molecule has 0 saturated carbocycles. The summed E-state index contributed by atoms with van der Waals surface area (Å²) >= 11 is 0. The molecule has 3 heterocycles. The maximum Gasteiger partial charge on any atom is 0.245 e. The molecular weight excluding hydrogens is 320 g/mol. The summed E-state index contributed by atoms with van der Waals surface area (Å²) in [6.07, 6.45) is 4.50. The van der Waals surface area contributed by atoms with E-state index in [0.717, 1.165) is 43.9 Å². The summed E-state index contributed by atoms with van der Waals surface area (Å²) < 4.78 is 5.25. The van der Waals surface area contributed by atoms with Crippen molar-refractivity contribution in [2.24, 2.45) is 0 Å². The molecule has 1 unspecified atom stereocenters. The molecule has 2 aliphatic heterocycles. The third-order valence-corrected chi connectivity index (χ3v) is 5.06. The first-order valence-corrected chi connectivity index (χ1v) is 8.91. The molecule has 25 heavy (non-hydrogen) atoms. The first kappa shape index (κ1) is 17.5. The van der Waals surface area contributed by atoms with Crippen molar-refractivity contribution in [2.45, 2.75) is 32.2 Å². The van der Waals surface area contributed by atoms with E-state index in [1.54, 1.807) is 25.1 Å². The van der Waals surface area contributed by atoms with Crippen LogP contribution in [-0.4, -0.2) is 72.5 Å². The van der Waals surface area contributed by atoms with E-state index in [9.17, 15) is 9.59 Å². The van der Waals surface area contributed by atoms with Gasteiger partial charge in [0, 0.05) is 51.9 Å². The Bertz CT molecular complexity index is 629. The molecule has 2 amide bonds. The second-order valence-corrected chi connectivity index (χ2v) is 6.59. The fourth-order valence-corrected chi connectivity index (χ4v) is 3.63. The van der Waals surface area contributed by atoms with E-state index in [1.165, 1.54) is 0 Å². The van der Waals surface area contributed by atoms with Gasteiger partial charge in [0.2, 0.25) is 11.8 Å². The average Bonchev–Trinajstić information content (AvgIpc) is 2.67. The van der Waals surface area contributed by atoms with Crippen LogP contribution in [0.5, 0.6) is 5.75 Å². The molecule has 0 spiro atoms. The Morgan fingerprint density at radius 2 is 1.92 bits per heavy atom. The number of methoxy groups -OCH3 is 1. The van der Waals surface area contributed by atoms with Crippen molar-refractivity contribution in [1.82, 2.24) is 14.8 Å². The van der Waals surface area contributed by atoms with Gasteiger partial charge >= 0.3 is 0 Å². The number of carbonyl (C=O) groups excluding carboxylic acids is 2.